The molecule has 0 bridgehead atoms. The lowest BCUT2D eigenvalue weighted by Crippen LogP contribution is -2.63. The highest BCUT2D eigenvalue weighted by Gasteiger charge is 2.55. The Bertz CT molecular complexity index is 1150. The summed E-state index contributed by atoms with van der Waals surface area (Å²) in [6.07, 6.45) is 3.10. The Morgan fingerprint density at radius 2 is 1.61 bits per heavy atom. The van der Waals surface area contributed by atoms with Crippen LogP contribution in [0.3, 0.4) is 0 Å². The average Bonchev–Trinajstić information content (AvgIpc) is 3.22. The van der Waals surface area contributed by atoms with Gasteiger partial charge in [-0.2, -0.15) is 4.98 Å². The number of halogens is 2. The van der Waals surface area contributed by atoms with E-state index in [4.69, 9.17) is 4.52 Å². The van der Waals surface area contributed by atoms with Crippen molar-refractivity contribution in [3.63, 3.8) is 0 Å². The third kappa shape index (κ3) is 4.05. The predicted octanol–water partition coefficient (Wildman–Crippen LogP) is 3.66. The third-order valence-corrected chi connectivity index (χ3v) is 6.28. The van der Waals surface area contributed by atoms with Gasteiger partial charge < -0.3 is 19.6 Å². The maximum absolute atomic E-state index is 13.8. The highest BCUT2D eigenvalue weighted by molar-refractivity contribution is 5.56. The number of benzene rings is 1. The van der Waals surface area contributed by atoms with Crippen LogP contribution in [0.5, 0.6) is 0 Å². The predicted molar refractivity (Wildman–Crippen MR) is 117 cm³/mol. The molecule has 3 heterocycles. The molecule has 4 rings (SSSR count). The molecule has 9 heteroatoms. The first-order valence-electron chi connectivity index (χ1n) is 10.7. The van der Waals surface area contributed by atoms with Gasteiger partial charge in [0.1, 0.15) is 11.2 Å². The van der Waals surface area contributed by atoms with E-state index >= 15 is 0 Å². The molecule has 2 aromatic heterocycles. The van der Waals surface area contributed by atoms with E-state index in [0.717, 1.165) is 6.92 Å². The number of hydrogen-bond acceptors (Lipinski definition) is 7. The minimum Gasteiger partial charge on any atom is -0.381 e. The number of aromatic nitrogens is 3. The van der Waals surface area contributed by atoms with Crippen LogP contribution in [-0.2, 0) is 17.1 Å². The van der Waals surface area contributed by atoms with Gasteiger partial charge in [-0.15, -0.1) is 0 Å². The molecule has 3 aromatic rings. The summed E-state index contributed by atoms with van der Waals surface area (Å²) < 4.78 is 32.7. The van der Waals surface area contributed by atoms with Gasteiger partial charge in [0.15, 0.2) is 0 Å². The number of hydrogen-bond donors (Lipinski definition) is 2. The highest BCUT2D eigenvalue weighted by Crippen LogP contribution is 2.50. The largest absolute Gasteiger partial charge is 0.381 e. The van der Waals surface area contributed by atoms with Crippen molar-refractivity contribution in [2.24, 2.45) is 5.41 Å². The standard InChI is InChI=1S/C24H28F2N4O3/c1-21(2,31)20-28-19(29-33-20)15-10-18(12-27-11-15)24(32,22(3)13-30(5)14-22)17-8-6-16(7-9-17)23(4,25)26/h6-12,31-32H,13-14H2,1-5H3. The van der Waals surface area contributed by atoms with Crippen LogP contribution in [0.2, 0.25) is 0 Å². The second-order valence-electron chi connectivity index (χ2n) is 9.85. The monoisotopic (exact) mass is 458 g/mol. The first kappa shape index (κ1) is 23.4. The van der Waals surface area contributed by atoms with Gasteiger partial charge in [0, 0.05) is 54.5 Å². The van der Waals surface area contributed by atoms with Crippen LogP contribution < -0.4 is 0 Å². The van der Waals surface area contributed by atoms with Crippen molar-refractivity contribution in [1.82, 2.24) is 20.0 Å². The van der Waals surface area contributed by atoms with E-state index in [1.54, 1.807) is 30.6 Å². The quantitative estimate of drug-likeness (QED) is 0.582. The lowest BCUT2D eigenvalue weighted by atomic mass is 9.62. The normalized spacial score (nSPS) is 18.6. The van der Waals surface area contributed by atoms with Crippen molar-refractivity contribution >= 4 is 0 Å². The molecule has 2 N–H and O–H groups in total. The number of pyridine rings is 1. The fourth-order valence-electron chi connectivity index (χ4n) is 4.59. The number of alkyl halides is 2. The molecule has 1 atom stereocenters. The van der Waals surface area contributed by atoms with Crippen LogP contribution in [-0.4, -0.2) is 50.4 Å². The second kappa shape index (κ2) is 7.65. The summed E-state index contributed by atoms with van der Waals surface area (Å²) in [4.78, 5) is 10.6. The molecule has 7 nitrogen and oxygen atoms in total. The number of likely N-dealkylation sites (tertiary alicyclic amines) is 1. The molecule has 1 aliphatic heterocycles. The molecule has 1 fully saturated rings. The van der Waals surface area contributed by atoms with Gasteiger partial charge in [0.25, 0.3) is 11.8 Å². The third-order valence-electron chi connectivity index (χ3n) is 6.28. The van der Waals surface area contributed by atoms with Gasteiger partial charge in [-0.25, -0.2) is 8.78 Å². The average molecular weight is 459 g/mol. The van der Waals surface area contributed by atoms with Gasteiger partial charge in [-0.1, -0.05) is 36.3 Å². The summed E-state index contributed by atoms with van der Waals surface area (Å²) in [5.74, 6) is -2.70. The lowest BCUT2D eigenvalue weighted by molar-refractivity contribution is -0.127. The minimum absolute atomic E-state index is 0.0572. The molecule has 1 saturated heterocycles. The van der Waals surface area contributed by atoms with E-state index in [1.807, 2.05) is 14.0 Å². The van der Waals surface area contributed by atoms with E-state index in [1.165, 1.54) is 26.0 Å². The Hall–Kier alpha value is -2.75. The summed E-state index contributed by atoms with van der Waals surface area (Å²) in [5, 5.41) is 26.3. The maximum Gasteiger partial charge on any atom is 0.270 e. The minimum atomic E-state index is -2.98. The Balaban J connectivity index is 1.81. The summed E-state index contributed by atoms with van der Waals surface area (Å²) >= 11 is 0. The molecule has 1 aromatic carbocycles. The summed E-state index contributed by atoms with van der Waals surface area (Å²) in [5.41, 5.74) is -2.04. The Morgan fingerprint density at radius 1 is 1.00 bits per heavy atom. The Morgan fingerprint density at radius 3 is 2.12 bits per heavy atom. The van der Waals surface area contributed by atoms with Gasteiger partial charge in [-0.3, -0.25) is 4.98 Å². The van der Waals surface area contributed by atoms with Crippen molar-refractivity contribution in [3.8, 4) is 11.4 Å². The molecule has 0 aliphatic carbocycles. The van der Waals surface area contributed by atoms with Crippen molar-refractivity contribution in [3.05, 3.63) is 65.3 Å². The first-order valence-corrected chi connectivity index (χ1v) is 10.7. The fourth-order valence-corrected chi connectivity index (χ4v) is 4.59. The van der Waals surface area contributed by atoms with E-state index in [-0.39, 0.29) is 17.3 Å². The number of rotatable bonds is 6. The SMILES string of the molecule is CN1CC(C)(C(O)(c2ccc(C(C)(F)F)cc2)c2cncc(-c3noc(C(C)(C)O)n3)c2)C1. The summed E-state index contributed by atoms with van der Waals surface area (Å²) in [6, 6.07) is 7.50. The van der Waals surface area contributed by atoms with E-state index in [2.05, 4.69) is 20.0 Å². The molecule has 0 amide bonds. The zero-order valence-electron chi connectivity index (χ0n) is 19.3. The van der Waals surface area contributed by atoms with Crippen molar-refractivity contribution in [2.45, 2.75) is 44.8 Å². The van der Waals surface area contributed by atoms with Crippen molar-refractivity contribution in [1.29, 1.82) is 0 Å². The van der Waals surface area contributed by atoms with Crippen LogP contribution in [0.15, 0.2) is 47.2 Å². The number of aliphatic hydroxyl groups is 2. The maximum atomic E-state index is 13.8. The molecule has 1 unspecified atom stereocenters. The molecule has 176 valence electrons. The van der Waals surface area contributed by atoms with Crippen LogP contribution in [0, 0.1) is 5.41 Å². The summed E-state index contributed by atoms with van der Waals surface area (Å²) in [7, 11) is 1.95. The lowest BCUT2D eigenvalue weighted by Gasteiger charge is -2.55. The smallest absolute Gasteiger partial charge is 0.270 e. The second-order valence-corrected chi connectivity index (χ2v) is 9.85. The van der Waals surface area contributed by atoms with Gasteiger partial charge >= 0.3 is 0 Å². The zero-order chi connectivity index (χ0) is 24.2. The van der Waals surface area contributed by atoms with Gasteiger partial charge in [-0.05, 0) is 32.5 Å². The molecule has 0 saturated carbocycles. The van der Waals surface area contributed by atoms with E-state index in [0.29, 0.717) is 29.8 Å². The first-order chi connectivity index (χ1) is 15.2. The highest BCUT2D eigenvalue weighted by atomic mass is 19.3. The number of nitrogens with zero attached hydrogens (tertiary/aromatic N) is 4. The molecular formula is C24H28F2N4O3. The molecule has 0 radical (unpaired) electrons. The van der Waals surface area contributed by atoms with Gasteiger partial charge in [0.05, 0.1) is 0 Å². The van der Waals surface area contributed by atoms with Gasteiger partial charge in [0.2, 0.25) is 5.82 Å². The Kier molecular flexibility index (Phi) is 5.42. The molecule has 1 aliphatic rings. The van der Waals surface area contributed by atoms with Crippen LogP contribution in [0.4, 0.5) is 8.78 Å². The van der Waals surface area contributed by atoms with Crippen LogP contribution >= 0.6 is 0 Å². The van der Waals surface area contributed by atoms with Crippen molar-refractivity contribution in [2.75, 3.05) is 20.1 Å². The van der Waals surface area contributed by atoms with Crippen LogP contribution in [0.25, 0.3) is 11.4 Å². The zero-order valence-corrected chi connectivity index (χ0v) is 19.3. The van der Waals surface area contributed by atoms with Crippen molar-refractivity contribution < 1.29 is 23.5 Å². The Labute approximate surface area is 191 Å². The molecular weight excluding hydrogens is 430 g/mol. The molecule has 33 heavy (non-hydrogen) atoms. The fraction of sp³-hybridized carbons (Fsp3) is 0.458. The topological polar surface area (TPSA) is 95.5 Å². The van der Waals surface area contributed by atoms with Crippen LogP contribution in [0.1, 0.15) is 50.3 Å². The molecule has 0 spiro atoms. The van der Waals surface area contributed by atoms with E-state index < -0.39 is 22.5 Å². The summed E-state index contributed by atoms with van der Waals surface area (Å²) in [6.45, 7) is 7.08. The van der Waals surface area contributed by atoms with E-state index in [9.17, 15) is 19.0 Å².